The predicted octanol–water partition coefficient (Wildman–Crippen LogP) is 5.86. The third-order valence-electron chi connectivity index (χ3n) is 6.42. The summed E-state index contributed by atoms with van der Waals surface area (Å²) in [5.41, 5.74) is 4.30. The number of rotatable bonds is 6. The molecule has 10 nitrogen and oxygen atoms in total. The summed E-state index contributed by atoms with van der Waals surface area (Å²) in [5, 5.41) is 10.6. The van der Waals surface area contributed by atoms with Crippen molar-refractivity contribution in [3.63, 3.8) is 0 Å². The molecule has 6 rings (SSSR count). The van der Waals surface area contributed by atoms with Crippen molar-refractivity contribution in [2.24, 2.45) is 0 Å². The van der Waals surface area contributed by atoms with E-state index in [2.05, 4.69) is 31.0 Å². The maximum absolute atomic E-state index is 12.4. The number of nitrogens with one attached hydrogen (secondary N) is 3. The number of hydrogen-bond donors (Lipinski definition) is 4. The molecule has 3 heterocycles. The van der Waals surface area contributed by atoms with Crippen molar-refractivity contribution >= 4 is 75.5 Å². The lowest BCUT2D eigenvalue weighted by atomic mass is 10.0. The Kier molecular flexibility index (Phi) is 8.45. The molecule has 1 amide bonds. The number of para-hydroxylation sites is 3. The third-order valence-corrected chi connectivity index (χ3v) is 9.76. The van der Waals surface area contributed by atoms with Crippen molar-refractivity contribution in [3.8, 4) is 0 Å². The van der Waals surface area contributed by atoms with Crippen LogP contribution in [0.3, 0.4) is 0 Å². The van der Waals surface area contributed by atoms with Crippen LogP contribution in [-0.2, 0) is 26.0 Å². The lowest BCUT2D eigenvalue weighted by molar-refractivity contribution is -0.192. The average Bonchev–Trinajstić information content (AvgIpc) is 3.62. The third kappa shape index (κ3) is 6.97. The minimum atomic E-state index is -5.08. The number of sulfonamides is 1. The first-order valence-electron chi connectivity index (χ1n) is 12.5. The van der Waals surface area contributed by atoms with Gasteiger partial charge in [0, 0.05) is 4.47 Å². The monoisotopic (exact) mass is 695 g/mol. The van der Waals surface area contributed by atoms with Crippen molar-refractivity contribution in [2.45, 2.75) is 30.3 Å². The van der Waals surface area contributed by atoms with E-state index in [1.54, 1.807) is 17.4 Å². The summed E-state index contributed by atoms with van der Waals surface area (Å²) in [6.07, 6.45) is -4.59. The van der Waals surface area contributed by atoms with Gasteiger partial charge in [0.05, 0.1) is 33.7 Å². The van der Waals surface area contributed by atoms with Gasteiger partial charge in [0.2, 0.25) is 15.9 Å². The normalized spacial score (nSPS) is 16.8. The number of carbonyl (C=O) groups is 2. The molecule has 0 radical (unpaired) electrons. The van der Waals surface area contributed by atoms with Crippen LogP contribution in [0.15, 0.2) is 71.2 Å². The van der Waals surface area contributed by atoms with Crippen LogP contribution in [-0.4, -0.2) is 46.5 Å². The molecule has 224 valence electrons. The van der Waals surface area contributed by atoms with E-state index >= 15 is 0 Å². The number of halogens is 4. The molecule has 1 aliphatic rings. The van der Waals surface area contributed by atoms with Crippen LogP contribution >= 0.6 is 27.3 Å². The fourth-order valence-corrected chi connectivity index (χ4v) is 7.68. The quantitative estimate of drug-likeness (QED) is 0.172. The molecule has 0 spiro atoms. The molecule has 4 N–H and O–H groups in total. The summed E-state index contributed by atoms with van der Waals surface area (Å²) in [5.74, 6) is -2.46. The van der Waals surface area contributed by atoms with E-state index in [9.17, 15) is 26.4 Å². The Hall–Kier alpha value is -4.02. The highest BCUT2D eigenvalue weighted by Crippen LogP contribution is 2.36. The number of carboxylic acids is 1. The van der Waals surface area contributed by atoms with Gasteiger partial charge < -0.3 is 15.4 Å². The number of amides is 1. The first-order chi connectivity index (χ1) is 20.3. The lowest BCUT2D eigenvalue weighted by Gasteiger charge is -2.18. The Morgan fingerprint density at radius 3 is 2.37 bits per heavy atom. The van der Waals surface area contributed by atoms with E-state index in [0.29, 0.717) is 16.5 Å². The SMILES string of the molecule is O=C(O)C(F)(F)F.O=C1CC(c2ccc(C[C@H](Nc3nc4ccccc4s3)c3nc4ccccc4[nH]3)cc2Br)S(=O)(=O)N1. The second kappa shape index (κ2) is 11.9. The molecule has 3 aromatic carbocycles. The second-order valence-electron chi connectivity index (χ2n) is 9.45. The van der Waals surface area contributed by atoms with Gasteiger partial charge in [0.15, 0.2) is 5.13 Å². The molecule has 1 aliphatic heterocycles. The number of anilines is 1. The number of nitrogens with zero attached hydrogens (tertiary/aromatic N) is 2. The van der Waals surface area contributed by atoms with Crippen molar-refractivity contribution in [3.05, 3.63) is 88.2 Å². The zero-order valence-electron chi connectivity index (χ0n) is 21.7. The first-order valence-corrected chi connectivity index (χ1v) is 15.7. The summed E-state index contributed by atoms with van der Waals surface area (Å²) in [4.78, 5) is 33.6. The Balaban J connectivity index is 0.000000472. The number of H-pyrrole nitrogens is 1. The van der Waals surface area contributed by atoms with Gasteiger partial charge in [0.25, 0.3) is 0 Å². The van der Waals surface area contributed by atoms with Gasteiger partial charge in [-0.15, -0.1) is 0 Å². The molecule has 0 aliphatic carbocycles. The zero-order valence-corrected chi connectivity index (χ0v) is 24.9. The van der Waals surface area contributed by atoms with E-state index in [4.69, 9.17) is 19.9 Å². The topological polar surface area (TPSA) is 154 Å². The zero-order chi connectivity index (χ0) is 30.9. The summed E-state index contributed by atoms with van der Waals surface area (Å²) >= 11 is 5.12. The number of fused-ring (bicyclic) bond motifs is 2. The van der Waals surface area contributed by atoms with E-state index < -0.39 is 33.3 Å². The van der Waals surface area contributed by atoms with Crippen LogP contribution in [0.1, 0.15) is 34.7 Å². The van der Waals surface area contributed by atoms with Crippen LogP contribution < -0.4 is 10.0 Å². The molecule has 16 heteroatoms. The van der Waals surface area contributed by atoms with Crippen LogP contribution in [0.2, 0.25) is 0 Å². The van der Waals surface area contributed by atoms with E-state index in [1.165, 1.54) is 0 Å². The number of imidazole rings is 1. The molecule has 0 saturated carbocycles. The molecule has 5 aromatic rings. The minimum absolute atomic E-state index is 0.0823. The Labute approximate surface area is 254 Å². The highest BCUT2D eigenvalue weighted by Gasteiger charge is 2.39. The standard InChI is InChI=1S/C25H20BrN5O3S2.C2HF3O2/c26-16-11-14(9-10-15(16)22-13-23(32)31-36(22,33)34)12-20(24-27-17-5-1-2-6-18(17)28-24)30-25-29-19-7-3-4-8-21(19)35-25;3-2(4,5)1(6)7/h1-11,20,22H,12-13H2,(H,27,28)(H,29,30)(H,31,32);(H,6,7)/t20-,22?;/m0./s1. The number of aromatic nitrogens is 3. The smallest absolute Gasteiger partial charge is 0.475 e. The lowest BCUT2D eigenvalue weighted by Crippen LogP contribution is -2.21. The van der Waals surface area contributed by atoms with E-state index in [0.717, 1.165) is 37.8 Å². The number of alkyl halides is 3. The number of thiazole rings is 1. The van der Waals surface area contributed by atoms with Crippen LogP contribution in [0.25, 0.3) is 21.3 Å². The number of carbonyl (C=O) groups excluding carboxylic acids is 1. The number of benzene rings is 3. The minimum Gasteiger partial charge on any atom is -0.475 e. The van der Waals surface area contributed by atoms with Gasteiger partial charge in [0.1, 0.15) is 11.1 Å². The highest BCUT2D eigenvalue weighted by atomic mass is 79.9. The molecular formula is C27H21BrF3N5O5S2. The van der Waals surface area contributed by atoms with Gasteiger partial charge in [-0.05, 0) is 47.9 Å². The van der Waals surface area contributed by atoms with Crippen LogP contribution in [0.4, 0.5) is 18.3 Å². The summed E-state index contributed by atoms with van der Waals surface area (Å²) in [7, 11) is -3.72. The number of carboxylic acid groups (broad SMARTS) is 1. The second-order valence-corrected chi connectivity index (χ2v) is 13.2. The molecule has 0 bridgehead atoms. The summed E-state index contributed by atoms with van der Waals surface area (Å²) < 4.78 is 60.3. The van der Waals surface area contributed by atoms with E-state index in [-0.39, 0.29) is 12.5 Å². The molecule has 1 saturated heterocycles. The molecule has 1 fully saturated rings. The van der Waals surface area contributed by atoms with Gasteiger partial charge >= 0.3 is 12.1 Å². The maximum Gasteiger partial charge on any atom is 0.490 e. The van der Waals surface area contributed by atoms with Gasteiger partial charge in [-0.25, -0.2) is 23.2 Å². The Morgan fingerprint density at radius 1 is 1.09 bits per heavy atom. The Morgan fingerprint density at radius 2 is 1.77 bits per heavy atom. The summed E-state index contributed by atoms with van der Waals surface area (Å²) in [6, 6.07) is 21.2. The average molecular weight is 697 g/mol. The first kappa shape index (κ1) is 30.4. The fraction of sp³-hybridized carbons (Fsp3) is 0.185. The van der Waals surface area contributed by atoms with Crippen molar-refractivity contribution in [1.29, 1.82) is 0 Å². The summed E-state index contributed by atoms with van der Waals surface area (Å²) in [6.45, 7) is 0. The molecule has 1 unspecified atom stereocenters. The predicted molar refractivity (Wildman–Crippen MR) is 158 cm³/mol. The van der Waals surface area contributed by atoms with Gasteiger partial charge in [-0.2, -0.15) is 13.2 Å². The van der Waals surface area contributed by atoms with Crippen molar-refractivity contribution in [1.82, 2.24) is 19.7 Å². The van der Waals surface area contributed by atoms with Crippen molar-refractivity contribution in [2.75, 3.05) is 5.32 Å². The van der Waals surface area contributed by atoms with Crippen molar-refractivity contribution < 1.29 is 36.3 Å². The number of aliphatic carboxylic acids is 1. The molecule has 2 aromatic heterocycles. The van der Waals surface area contributed by atoms with Crippen LogP contribution in [0.5, 0.6) is 0 Å². The highest BCUT2D eigenvalue weighted by molar-refractivity contribution is 9.10. The maximum atomic E-state index is 12.4. The molecule has 2 atom stereocenters. The fourth-order valence-electron chi connectivity index (χ4n) is 4.46. The largest absolute Gasteiger partial charge is 0.490 e. The van der Waals surface area contributed by atoms with E-state index in [1.807, 2.05) is 60.7 Å². The number of aromatic amines is 1. The Bertz CT molecular complexity index is 1880. The number of hydrogen-bond acceptors (Lipinski definition) is 8. The molecule has 43 heavy (non-hydrogen) atoms. The van der Waals surface area contributed by atoms with Gasteiger partial charge in [-0.3, -0.25) is 9.52 Å². The van der Waals surface area contributed by atoms with Crippen LogP contribution in [0, 0.1) is 0 Å². The van der Waals surface area contributed by atoms with Gasteiger partial charge in [-0.1, -0.05) is 63.7 Å². The molecular weight excluding hydrogens is 675 g/mol.